The molecule has 1 aromatic rings. The van der Waals surface area contributed by atoms with Crippen molar-refractivity contribution < 1.29 is 19.2 Å². The monoisotopic (exact) mass is 309 g/mol. The molecule has 7 nitrogen and oxygen atoms in total. The lowest BCUT2D eigenvalue weighted by atomic mass is 10.2. The largest absolute Gasteiger partial charge is 0.342 e. The van der Waals surface area contributed by atoms with Crippen LogP contribution in [0, 0.1) is 6.92 Å². The molecule has 0 radical (unpaired) electrons. The van der Waals surface area contributed by atoms with E-state index in [1.807, 2.05) is 13.0 Å². The first-order valence-electron chi connectivity index (χ1n) is 6.36. The second-order valence-electron chi connectivity index (χ2n) is 4.70. The maximum Gasteiger partial charge on any atom is 0.261 e. The maximum absolute atomic E-state index is 12.0. The molecule has 8 heteroatoms. The first kappa shape index (κ1) is 15.2. The molecule has 0 spiro atoms. The minimum absolute atomic E-state index is 0.181. The standard InChI is InChI=1S/C13H15N3O4S/c1-7-3-4-9(21-7)13(20)14-5-11(18)16-6-10(17)15-12(19)8(16)2/h3-4,8H,5-6H2,1-2H3,(H,14,20)(H,15,17,19). The molecule has 1 saturated heterocycles. The van der Waals surface area contributed by atoms with Crippen LogP contribution in [0.25, 0.3) is 0 Å². The highest BCUT2D eigenvalue weighted by Crippen LogP contribution is 2.14. The minimum atomic E-state index is -0.726. The number of hydrogen-bond acceptors (Lipinski definition) is 5. The average Bonchev–Trinajstić information content (AvgIpc) is 2.86. The summed E-state index contributed by atoms with van der Waals surface area (Å²) >= 11 is 1.33. The van der Waals surface area contributed by atoms with E-state index in [1.165, 1.54) is 18.3 Å². The Morgan fingerprint density at radius 1 is 1.43 bits per heavy atom. The van der Waals surface area contributed by atoms with Crippen LogP contribution >= 0.6 is 11.3 Å². The fourth-order valence-electron chi connectivity index (χ4n) is 1.92. The lowest BCUT2D eigenvalue weighted by Gasteiger charge is -2.31. The van der Waals surface area contributed by atoms with Crippen molar-refractivity contribution in [3.05, 3.63) is 21.9 Å². The van der Waals surface area contributed by atoms with Crippen LogP contribution in [0.5, 0.6) is 0 Å². The van der Waals surface area contributed by atoms with E-state index in [9.17, 15) is 19.2 Å². The number of imide groups is 1. The number of carbonyl (C=O) groups is 4. The highest BCUT2D eigenvalue weighted by molar-refractivity contribution is 7.13. The molecular weight excluding hydrogens is 294 g/mol. The Morgan fingerprint density at radius 3 is 2.76 bits per heavy atom. The number of thiophene rings is 1. The molecule has 0 saturated carbocycles. The van der Waals surface area contributed by atoms with Gasteiger partial charge in [-0.25, -0.2) is 0 Å². The lowest BCUT2D eigenvalue weighted by Crippen LogP contribution is -2.60. The van der Waals surface area contributed by atoms with E-state index in [-0.39, 0.29) is 19.0 Å². The van der Waals surface area contributed by atoms with Gasteiger partial charge >= 0.3 is 0 Å². The number of nitrogens with one attached hydrogen (secondary N) is 2. The summed E-state index contributed by atoms with van der Waals surface area (Å²) in [6.45, 7) is 2.98. The smallest absolute Gasteiger partial charge is 0.261 e. The first-order chi connectivity index (χ1) is 9.88. The molecule has 2 heterocycles. The van der Waals surface area contributed by atoms with Crippen LogP contribution in [-0.2, 0) is 14.4 Å². The second kappa shape index (κ2) is 6.04. The van der Waals surface area contributed by atoms with Crippen LogP contribution < -0.4 is 10.6 Å². The highest BCUT2D eigenvalue weighted by atomic mass is 32.1. The molecule has 1 aromatic heterocycles. The van der Waals surface area contributed by atoms with Gasteiger partial charge in [0.05, 0.1) is 11.4 Å². The van der Waals surface area contributed by atoms with Gasteiger partial charge in [-0.15, -0.1) is 11.3 Å². The maximum atomic E-state index is 12.0. The molecule has 1 atom stereocenters. The topological polar surface area (TPSA) is 95.6 Å². The minimum Gasteiger partial charge on any atom is -0.342 e. The van der Waals surface area contributed by atoms with Gasteiger partial charge in [0.1, 0.15) is 12.6 Å². The van der Waals surface area contributed by atoms with Crippen LogP contribution in [0.1, 0.15) is 21.5 Å². The summed E-state index contributed by atoms with van der Waals surface area (Å²) in [5.74, 6) is -1.85. The summed E-state index contributed by atoms with van der Waals surface area (Å²) in [6.07, 6.45) is 0. The molecule has 2 rings (SSSR count). The van der Waals surface area contributed by atoms with Crippen LogP contribution in [0.3, 0.4) is 0 Å². The number of aryl methyl sites for hydroxylation is 1. The van der Waals surface area contributed by atoms with E-state index < -0.39 is 23.8 Å². The quantitative estimate of drug-likeness (QED) is 0.747. The van der Waals surface area contributed by atoms with Gasteiger partial charge in [0.15, 0.2) is 0 Å². The molecular formula is C13H15N3O4S. The second-order valence-corrected chi connectivity index (χ2v) is 5.99. The van der Waals surface area contributed by atoms with Gasteiger partial charge in [-0.3, -0.25) is 24.5 Å². The van der Waals surface area contributed by atoms with Crippen LogP contribution in [0.15, 0.2) is 12.1 Å². The first-order valence-corrected chi connectivity index (χ1v) is 7.18. The average molecular weight is 309 g/mol. The number of piperazine rings is 1. The third kappa shape index (κ3) is 3.46. The van der Waals surface area contributed by atoms with Crippen LogP contribution in [0.4, 0.5) is 0 Å². The van der Waals surface area contributed by atoms with Crippen molar-refractivity contribution in [3.8, 4) is 0 Å². The fraction of sp³-hybridized carbons (Fsp3) is 0.385. The molecule has 1 unspecified atom stereocenters. The number of amides is 4. The molecule has 21 heavy (non-hydrogen) atoms. The Hall–Kier alpha value is -2.22. The predicted molar refractivity (Wildman–Crippen MR) is 75.7 cm³/mol. The Balaban J connectivity index is 1.93. The van der Waals surface area contributed by atoms with Gasteiger partial charge in [0.2, 0.25) is 17.7 Å². The van der Waals surface area contributed by atoms with Gasteiger partial charge in [-0.1, -0.05) is 0 Å². The summed E-state index contributed by atoms with van der Waals surface area (Å²) in [5, 5.41) is 4.65. The summed E-state index contributed by atoms with van der Waals surface area (Å²) in [7, 11) is 0. The Kier molecular flexibility index (Phi) is 4.37. The van der Waals surface area contributed by atoms with Crippen molar-refractivity contribution in [1.82, 2.24) is 15.5 Å². The van der Waals surface area contributed by atoms with E-state index >= 15 is 0 Å². The molecule has 0 bridgehead atoms. The van der Waals surface area contributed by atoms with Crippen LogP contribution in [-0.4, -0.2) is 47.7 Å². The third-order valence-corrected chi connectivity index (χ3v) is 4.11. The summed E-state index contributed by atoms with van der Waals surface area (Å²) < 4.78 is 0. The van der Waals surface area contributed by atoms with Crippen molar-refractivity contribution in [3.63, 3.8) is 0 Å². The number of carbonyl (C=O) groups excluding carboxylic acids is 4. The molecule has 0 aliphatic carbocycles. The fourth-order valence-corrected chi connectivity index (χ4v) is 2.70. The van der Waals surface area contributed by atoms with Crippen molar-refractivity contribution in [2.24, 2.45) is 0 Å². The predicted octanol–water partition coefficient (Wildman–Crippen LogP) is -0.340. The van der Waals surface area contributed by atoms with Gasteiger partial charge < -0.3 is 10.2 Å². The number of hydrogen-bond donors (Lipinski definition) is 2. The van der Waals surface area contributed by atoms with E-state index in [2.05, 4.69) is 10.6 Å². The van der Waals surface area contributed by atoms with Crippen molar-refractivity contribution >= 4 is 35.0 Å². The van der Waals surface area contributed by atoms with Crippen LogP contribution in [0.2, 0.25) is 0 Å². The molecule has 0 aromatic carbocycles. The third-order valence-electron chi connectivity index (χ3n) is 3.11. The van der Waals surface area contributed by atoms with Crippen molar-refractivity contribution in [2.75, 3.05) is 13.1 Å². The SMILES string of the molecule is Cc1ccc(C(=O)NCC(=O)N2CC(=O)NC(=O)C2C)s1. The van der Waals surface area contributed by atoms with E-state index in [0.717, 1.165) is 9.78 Å². The summed E-state index contributed by atoms with van der Waals surface area (Å²) in [4.78, 5) is 49.3. The Morgan fingerprint density at radius 2 is 2.14 bits per heavy atom. The summed E-state index contributed by atoms with van der Waals surface area (Å²) in [5.41, 5.74) is 0. The van der Waals surface area contributed by atoms with Gasteiger partial charge in [-0.05, 0) is 26.0 Å². The Bertz CT molecular complexity index is 610. The number of nitrogens with zero attached hydrogens (tertiary/aromatic N) is 1. The zero-order valence-electron chi connectivity index (χ0n) is 11.6. The molecule has 4 amide bonds. The molecule has 2 N–H and O–H groups in total. The molecule has 1 fully saturated rings. The van der Waals surface area contributed by atoms with Crippen molar-refractivity contribution in [2.45, 2.75) is 19.9 Å². The molecule has 1 aliphatic rings. The van der Waals surface area contributed by atoms with E-state index in [0.29, 0.717) is 4.88 Å². The van der Waals surface area contributed by atoms with Crippen molar-refractivity contribution in [1.29, 1.82) is 0 Å². The lowest BCUT2D eigenvalue weighted by molar-refractivity contribution is -0.148. The highest BCUT2D eigenvalue weighted by Gasteiger charge is 2.33. The molecule has 1 aliphatic heterocycles. The van der Waals surface area contributed by atoms with Gasteiger partial charge in [-0.2, -0.15) is 0 Å². The number of rotatable bonds is 3. The van der Waals surface area contributed by atoms with Gasteiger partial charge in [0, 0.05) is 4.88 Å². The van der Waals surface area contributed by atoms with Gasteiger partial charge in [0.25, 0.3) is 5.91 Å². The Labute approximate surface area is 125 Å². The molecule has 112 valence electrons. The summed E-state index contributed by atoms with van der Waals surface area (Å²) in [6, 6.07) is 2.77. The van der Waals surface area contributed by atoms with E-state index in [4.69, 9.17) is 0 Å². The zero-order valence-corrected chi connectivity index (χ0v) is 12.5. The zero-order chi connectivity index (χ0) is 15.6. The normalized spacial score (nSPS) is 18.4. The van der Waals surface area contributed by atoms with E-state index in [1.54, 1.807) is 6.07 Å².